The topological polar surface area (TPSA) is 54.5 Å². The highest BCUT2D eigenvalue weighted by molar-refractivity contribution is 7.88. The van der Waals surface area contributed by atoms with E-state index in [1.165, 1.54) is 10.6 Å². The molecule has 4 nitrogen and oxygen atoms in total. The van der Waals surface area contributed by atoms with Crippen molar-refractivity contribution in [2.24, 2.45) is 11.3 Å². The monoisotopic (exact) mass is 261 g/mol. The molecule has 1 heterocycles. The van der Waals surface area contributed by atoms with E-state index in [-0.39, 0.29) is 17.1 Å². The summed E-state index contributed by atoms with van der Waals surface area (Å²) in [4.78, 5) is 11.9. The first-order valence-corrected chi connectivity index (χ1v) is 7.94. The number of hydrogen-bond acceptors (Lipinski definition) is 3. The summed E-state index contributed by atoms with van der Waals surface area (Å²) in [5, 5.41) is 0. The summed E-state index contributed by atoms with van der Waals surface area (Å²) < 4.78 is 24.4. The van der Waals surface area contributed by atoms with E-state index in [9.17, 15) is 13.2 Å². The molecule has 0 spiro atoms. The largest absolute Gasteiger partial charge is 0.299 e. The number of carbonyl (C=O) groups is 1. The first kappa shape index (κ1) is 14.6. The molecule has 0 aromatic heterocycles. The zero-order valence-corrected chi connectivity index (χ0v) is 12.0. The van der Waals surface area contributed by atoms with Gasteiger partial charge in [0, 0.05) is 24.9 Å². The van der Waals surface area contributed by atoms with Crippen LogP contribution in [0.25, 0.3) is 0 Å². The van der Waals surface area contributed by atoms with Gasteiger partial charge in [0.1, 0.15) is 5.78 Å². The van der Waals surface area contributed by atoms with Crippen LogP contribution in [0, 0.1) is 11.3 Å². The second kappa shape index (κ2) is 5.06. The SMILES string of the molecule is CC(C)(C)C(=O)CC1CCCN(S(C)(=O)=O)C1. The molecule has 1 saturated heterocycles. The molecule has 1 unspecified atom stereocenters. The molecule has 0 amide bonds. The summed E-state index contributed by atoms with van der Waals surface area (Å²) in [5.74, 6) is 0.406. The van der Waals surface area contributed by atoms with Crippen LogP contribution < -0.4 is 0 Å². The molecule has 1 aliphatic heterocycles. The molecule has 0 bridgehead atoms. The molecular formula is C12H23NO3S. The minimum absolute atomic E-state index is 0.185. The molecule has 1 aliphatic rings. The molecule has 1 atom stereocenters. The summed E-state index contributed by atoms with van der Waals surface area (Å²) in [6.45, 7) is 6.82. The maximum Gasteiger partial charge on any atom is 0.211 e. The molecule has 5 heteroatoms. The van der Waals surface area contributed by atoms with E-state index in [2.05, 4.69) is 0 Å². The van der Waals surface area contributed by atoms with Crippen molar-refractivity contribution in [3.05, 3.63) is 0 Å². The number of carbonyl (C=O) groups excluding carboxylic acids is 1. The third-order valence-electron chi connectivity index (χ3n) is 3.26. The molecule has 0 saturated carbocycles. The normalized spacial score (nSPS) is 23.6. The van der Waals surface area contributed by atoms with Gasteiger partial charge >= 0.3 is 0 Å². The Kier molecular flexibility index (Phi) is 4.36. The Morgan fingerprint density at radius 2 is 1.94 bits per heavy atom. The van der Waals surface area contributed by atoms with E-state index in [1.54, 1.807) is 0 Å². The van der Waals surface area contributed by atoms with E-state index in [0.29, 0.717) is 19.5 Å². The van der Waals surface area contributed by atoms with Crippen molar-refractivity contribution in [1.29, 1.82) is 0 Å². The molecule has 0 N–H and O–H groups in total. The lowest BCUT2D eigenvalue weighted by Crippen LogP contribution is -2.40. The number of ketones is 1. The van der Waals surface area contributed by atoms with Gasteiger partial charge in [0.25, 0.3) is 0 Å². The van der Waals surface area contributed by atoms with Crippen molar-refractivity contribution in [2.45, 2.75) is 40.0 Å². The average Bonchev–Trinajstić information content (AvgIpc) is 2.15. The third kappa shape index (κ3) is 4.39. The highest BCUT2D eigenvalue weighted by atomic mass is 32.2. The summed E-state index contributed by atoms with van der Waals surface area (Å²) in [5.41, 5.74) is -0.326. The van der Waals surface area contributed by atoms with Crippen LogP contribution in [0.3, 0.4) is 0 Å². The second-order valence-electron chi connectivity index (χ2n) is 6.01. The average molecular weight is 261 g/mol. The van der Waals surface area contributed by atoms with Crippen LogP contribution in [0.2, 0.25) is 0 Å². The summed E-state index contributed by atoms with van der Waals surface area (Å²) >= 11 is 0. The second-order valence-corrected chi connectivity index (χ2v) is 7.99. The minimum atomic E-state index is -3.11. The molecule has 1 rings (SSSR count). The summed E-state index contributed by atoms with van der Waals surface area (Å²) in [6, 6.07) is 0. The van der Waals surface area contributed by atoms with Gasteiger partial charge in [-0.15, -0.1) is 0 Å². The summed E-state index contributed by atoms with van der Waals surface area (Å²) in [6.07, 6.45) is 3.54. The van der Waals surface area contributed by atoms with Gasteiger partial charge in [0.2, 0.25) is 10.0 Å². The minimum Gasteiger partial charge on any atom is -0.299 e. The lowest BCUT2D eigenvalue weighted by molar-refractivity contribution is -0.127. The Balaban J connectivity index is 2.60. The molecule has 100 valence electrons. The predicted octanol–water partition coefficient (Wildman–Crippen LogP) is 1.66. The van der Waals surface area contributed by atoms with Crippen molar-refractivity contribution in [1.82, 2.24) is 4.31 Å². The van der Waals surface area contributed by atoms with Crippen LogP contribution in [-0.4, -0.2) is 37.9 Å². The van der Waals surface area contributed by atoms with E-state index in [0.717, 1.165) is 12.8 Å². The van der Waals surface area contributed by atoms with E-state index in [4.69, 9.17) is 0 Å². The van der Waals surface area contributed by atoms with Gasteiger partial charge in [-0.1, -0.05) is 20.8 Å². The zero-order valence-electron chi connectivity index (χ0n) is 11.2. The smallest absolute Gasteiger partial charge is 0.211 e. The van der Waals surface area contributed by atoms with Crippen molar-refractivity contribution < 1.29 is 13.2 Å². The highest BCUT2D eigenvalue weighted by Crippen LogP contribution is 2.26. The molecular weight excluding hydrogens is 238 g/mol. The Morgan fingerprint density at radius 1 is 1.35 bits per heavy atom. The van der Waals surface area contributed by atoms with Gasteiger partial charge in [-0.25, -0.2) is 12.7 Å². The molecule has 1 fully saturated rings. The number of sulfonamides is 1. The van der Waals surface area contributed by atoms with Crippen LogP contribution in [0.15, 0.2) is 0 Å². The van der Waals surface area contributed by atoms with Crippen LogP contribution in [0.1, 0.15) is 40.0 Å². The Labute approximate surface area is 104 Å². The number of Topliss-reactive ketones (excluding diaryl/α,β-unsaturated/α-hetero) is 1. The number of rotatable bonds is 3. The number of nitrogens with zero attached hydrogens (tertiary/aromatic N) is 1. The quantitative estimate of drug-likeness (QED) is 0.776. The fraction of sp³-hybridized carbons (Fsp3) is 0.917. The van der Waals surface area contributed by atoms with Crippen LogP contribution >= 0.6 is 0 Å². The Bertz CT molecular complexity index is 381. The van der Waals surface area contributed by atoms with E-state index < -0.39 is 10.0 Å². The zero-order chi connectivity index (χ0) is 13.3. The van der Waals surface area contributed by atoms with E-state index in [1.807, 2.05) is 20.8 Å². The Hall–Kier alpha value is -0.420. The van der Waals surface area contributed by atoms with Gasteiger partial charge in [0.15, 0.2) is 0 Å². The lowest BCUT2D eigenvalue weighted by atomic mass is 9.83. The van der Waals surface area contributed by atoms with Crippen molar-refractivity contribution in [3.8, 4) is 0 Å². The van der Waals surface area contributed by atoms with Gasteiger partial charge in [-0.3, -0.25) is 4.79 Å². The molecule has 0 aliphatic carbocycles. The van der Waals surface area contributed by atoms with Crippen LogP contribution in [-0.2, 0) is 14.8 Å². The van der Waals surface area contributed by atoms with Crippen LogP contribution in [0.5, 0.6) is 0 Å². The standard InChI is InChI=1S/C12H23NO3S/c1-12(2,3)11(14)8-10-6-5-7-13(9-10)17(4,15)16/h10H,5-9H2,1-4H3. The molecule has 0 radical (unpaired) electrons. The maximum absolute atomic E-state index is 11.9. The number of hydrogen-bond donors (Lipinski definition) is 0. The number of piperidine rings is 1. The highest BCUT2D eigenvalue weighted by Gasteiger charge is 2.30. The van der Waals surface area contributed by atoms with E-state index >= 15 is 0 Å². The first-order chi connectivity index (χ1) is 7.60. The van der Waals surface area contributed by atoms with Gasteiger partial charge in [-0.2, -0.15) is 0 Å². The fourth-order valence-electron chi connectivity index (χ4n) is 2.06. The maximum atomic E-state index is 11.9. The van der Waals surface area contributed by atoms with Crippen molar-refractivity contribution >= 4 is 15.8 Å². The third-order valence-corrected chi connectivity index (χ3v) is 4.53. The predicted molar refractivity (Wildman–Crippen MR) is 68.2 cm³/mol. The van der Waals surface area contributed by atoms with Gasteiger partial charge in [0.05, 0.1) is 6.26 Å². The van der Waals surface area contributed by atoms with Crippen LogP contribution in [0.4, 0.5) is 0 Å². The first-order valence-electron chi connectivity index (χ1n) is 6.09. The van der Waals surface area contributed by atoms with Gasteiger partial charge < -0.3 is 0 Å². The molecule has 0 aromatic carbocycles. The fourth-order valence-corrected chi connectivity index (χ4v) is 3.01. The van der Waals surface area contributed by atoms with Crippen molar-refractivity contribution in [3.63, 3.8) is 0 Å². The molecule has 0 aromatic rings. The summed E-state index contributed by atoms with van der Waals surface area (Å²) in [7, 11) is -3.11. The van der Waals surface area contributed by atoms with Crippen molar-refractivity contribution in [2.75, 3.05) is 19.3 Å². The Morgan fingerprint density at radius 3 is 2.41 bits per heavy atom. The van der Waals surface area contributed by atoms with Gasteiger partial charge in [-0.05, 0) is 18.8 Å². The lowest BCUT2D eigenvalue weighted by Gasteiger charge is -2.31. The molecule has 17 heavy (non-hydrogen) atoms.